The van der Waals surface area contributed by atoms with Gasteiger partial charge in [-0.1, -0.05) is 67.4 Å². The van der Waals surface area contributed by atoms with Crippen LogP contribution in [0.3, 0.4) is 0 Å². The van der Waals surface area contributed by atoms with Crippen molar-refractivity contribution in [1.29, 1.82) is 0 Å². The van der Waals surface area contributed by atoms with E-state index < -0.39 is 0 Å². The van der Waals surface area contributed by atoms with Gasteiger partial charge in [0.25, 0.3) is 0 Å². The summed E-state index contributed by atoms with van der Waals surface area (Å²) in [5.74, 6) is 0.400. The van der Waals surface area contributed by atoms with Crippen molar-refractivity contribution < 1.29 is 0 Å². The van der Waals surface area contributed by atoms with Gasteiger partial charge in [-0.2, -0.15) is 0 Å². The number of hydrogen-bond acceptors (Lipinski definition) is 1. The van der Waals surface area contributed by atoms with Gasteiger partial charge in [-0.05, 0) is 48.3 Å². The molecule has 2 aromatic rings. The molecule has 0 N–H and O–H groups in total. The third-order valence-corrected chi connectivity index (χ3v) is 5.53. The number of hydrogen-bond donors (Lipinski definition) is 0. The van der Waals surface area contributed by atoms with E-state index in [1.165, 1.54) is 16.7 Å². The molecule has 22 heavy (non-hydrogen) atoms. The van der Waals surface area contributed by atoms with Crippen LogP contribution in [0.2, 0.25) is 10.0 Å². The molecule has 2 aromatic carbocycles. The monoisotopic (exact) mass is 333 g/mol. The van der Waals surface area contributed by atoms with Crippen molar-refractivity contribution in [3.63, 3.8) is 0 Å². The lowest BCUT2D eigenvalue weighted by molar-refractivity contribution is 0.215. The minimum Gasteiger partial charge on any atom is -0.297 e. The van der Waals surface area contributed by atoms with Crippen LogP contribution in [0.1, 0.15) is 48.9 Å². The number of nitrogens with zero attached hydrogens (tertiary/aromatic N) is 1. The second-order valence-electron chi connectivity index (χ2n) is 5.83. The van der Waals surface area contributed by atoms with Crippen LogP contribution in [0.5, 0.6) is 0 Å². The maximum atomic E-state index is 6.23. The van der Waals surface area contributed by atoms with Gasteiger partial charge in [-0.15, -0.1) is 0 Å². The fraction of sp³-hybridized carbons (Fsp3) is 0.368. The topological polar surface area (TPSA) is 3.24 Å². The molecule has 0 saturated heterocycles. The Balaban J connectivity index is 2.02. The van der Waals surface area contributed by atoms with Crippen molar-refractivity contribution >= 4 is 23.2 Å². The Morgan fingerprint density at radius 3 is 2.27 bits per heavy atom. The first-order valence-electron chi connectivity index (χ1n) is 7.93. The highest BCUT2D eigenvalue weighted by atomic mass is 35.5. The Bertz CT molecular complexity index is 664. The molecular weight excluding hydrogens is 313 g/mol. The zero-order valence-corrected chi connectivity index (χ0v) is 14.5. The second kappa shape index (κ2) is 6.62. The first kappa shape index (κ1) is 15.9. The number of halogens is 2. The normalized spacial score (nSPS) is 20.4. The minimum atomic E-state index is 0.400. The van der Waals surface area contributed by atoms with Crippen LogP contribution < -0.4 is 0 Å². The van der Waals surface area contributed by atoms with E-state index in [0.717, 1.165) is 19.5 Å². The summed E-state index contributed by atoms with van der Waals surface area (Å²) in [4.78, 5) is 2.54. The highest BCUT2D eigenvalue weighted by Crippen LogP contribution is 2.47. The van der Waals surface area contributed by atoms with E-state index in [0.29, 0.717) is 22.0 Å². The van der Waals surface area contributed by atoms with E-state index in [-0.39, 0.29) is 0 Å². The Hall–Kier alpha value is -1.02. The summed E-state index contributed by atoms with van der Waals surface area (Å²) >= 11 is 12.3. The fourth-order valence-electron chi connectivity index (χ4n) is 3.66. The van der Waals surface area contributed by atoms with Gasteiger partial charge in [-0.3, -0.25) is 4.90 Å². The van der Waals surface area contributed by atoms with Crippen LogP contribution in [0.4, 0.5) is 0 Å². The van der Waals surface area contributed by atoms with E-state index in [4.69, 9.17) is 23.2 Å². The molecule has 0 amide bonds. The first-order chi connectivity index (χ1) is 10.7. The molecule has 0 spiro atoms. The minimum absolute atomic E-state index is 0.400. The largest absolute Gasteiger partial charge is 0.297 e. The number of rotatable bonds is 4. The molecule has 2 atom stereocenters. The predicted molar refractivity (Wildman–Crippen MR) is 95.0 cm³/mol. The SMILES string of the molecule is CCN(CC)[C@H]1C[C@@H](c2ccc(Cl)c(Cl)c2)c2ccccc21. The van der Waals surface area contributed by atoms with E-state index in [1.807, 2.05) is 12.1 Å². The lowest BCUT2D eigenvalue weighted by atomic mass is 9.93. The molecule has 0 radical (unpaired) electrons. The van der Waals surface area contributed by atoms with E-state index in [2.05, 4.69) is 49.1 Å². The molecule has 0 bridgehead atoms. The maximum absolute atomic E-state index is 6.23. The molecule has 1 aliphatic rings. The highest BCUT2D eigenvalue weighted by molar-refractivity contribution is 6.42. The van der Waals surface area contributed by atoms with Crippen molar-refractivity contribution in [2.75, 3.05) is 13.1 Å². The third-order valence-electron chi connectivity index (χ3n) is 4.79. The molecule has 1 nitrogen and oxygen atoms in total. The molecule has 0 aliphatic heterocycles. The summed E-state index contributed by atoms with van der Waals surface area (Å²) in [6.07, 6.45) is 1.11. The van der Waals surface area contributed by atoms with Crippen LogP contribution in [-0.2, 0) is 0 Å². The molecule has 3 rings (SSSR count). The van der Waals surface area contributed by atoms with Gasteiger partial charge in [0.15, 0.2) is 0 Å². The van der Waals surface area contributed by atoms with E-state index in [9.17, 15) is 0 Å². The van der Waals surface area contributed by atoms with Crippen LogP contribution in [0.25, 0.3) is 0 Å². The first-order valence-corrected chi connectivity index (χ1v) is 8.69. The maximum Gasteiger partial charge on any atom is 0.0595 e. The van der Waals surface area contributed by atoms with E-state index >= 15 is 0 Å². The quantitative estimate of drug-likeness (QED) is 0.672. The van der Waals surface area contributed by atoms with Gasteiger partial charge in [0.2, 0.25) is 0 Å². The van der Waals surface area contributed by atoms with Gasteiger partial charge in [-0.25, -0.2) is 0 Å². The third kappa shape index (κ3) is 2.78. The van der Waals surface area contributed by atoms with Gasteiger partial charge in [0.05, 0.1) is 10.0 Å². The number of fused-ring (bicyclic) bond motifs is 1. The fourth-order valence-corrected chi connectivity index (χ4v) is 3.97. The van der Waals surface area contributed by atoms with Crippen LogP contribution >= 0.6 is 23.2 Å². The summed E-state index contributed by atoms with van der Waals surface area (Å²) in [7, 11) is 0. The molecule has 3 heteroatoms. The van der Waals surface area contributed by atoms with Crippen molar-refractivity contribution in [3.8, 4) is 0 Å². The zero-order chi connectivity index (χ0) is 15.7. The summed E-state index contributed by atoms with van der Waals surface area (Å²) in [5.41, 5.74) is 4.15. The summed E-state index contributed by atoms with van der Waals surface area (Å²) in [6.45, 7) is 6.62. The van der Waals surface area contributed by atoms with Crippen LogP contribution in [0, 0.1) is 0 Å². The Labute approximate surface area is 142 Å². The smallest absolute Gasteiger partial charge is 0.0595 e. The van der Waals surface area contributed by atoms with Gasteiger partial charge in [0.1, 0.15) is 0 Å². The van der Waals surface area contributed by atoms with Crippen molar-refractivity contribution in [3.05, 3.63) is 69.2 Å². The van der Waals surface area contributed by atoms with Crippen molar-refractivity contribution in [1.82, 2.24) is 4.90 Å². The second-order valence-corrected chi connectivity index (χ2v) is 6.64. The van der Waals surface area contributed by atoms with Gasteiger partial charge >= 0.3 is 0 Å². The molecule has 0 heterocycles. The highest BCUT2D eigenvalue weighted by Gasteiger charge is 2.34. The van der Waals surface area contributed by atoms with Gasteiger partial charge < -0.3 is 0 Å². The molecule has 116 valence electrons. The lowest BCUT2D eigenvalue weighted by Gasteiger charge is -2.27. The van der Waals surface area contributed by atoms with Crippen molar-refractivity contribution in [2.45, 2.75) is 32.2 Å². The molecule has 0 fully saturated rings. The Morgan fingerprint density at radius 1 is 0.955 bits per heavy atom. The molecular formula is C19H21Cl2N. The molecule has 0 saturated carbocycles. The average molecular weight is 334 g/mol. The standard InChI is InChI=1S/C19H21Cl2N/c1-3-22(4-2)19-12-16(14-7-5-6-8-15(14)19)13-9-10-17(20)18(21)11-13/h5-11,16,19H,3-4,12H2,1-2H3/t16-,19-/m0/s1. The summed E-state index contributed by atoms with van der Waals surface area (Å²) in [5, 5.41) is 1.26. The van der Waals surface area contributed by atoms with Gasteiger partial charge in [0, 0.05) is 12.0 Å². The molecule has 0 aromatic heterocycles. The summed E-state index contributed by atoms with van der Waals surface area (Å²) in [6, 6.07) is 15.3. The summed E-state index contributed by atoms with van der Waals surface area (Å²) < 4.78 is 0. The lowest BCUT2D eigenvalue weighted by Crippen LogP contribution is -2.27. The Morgan fingerprint density at radius 2 is 1.64 bits per heavy atom. The van der Waals surface area contributed by atoms with E-state index in [1.54, 1.807) is 0 Å². The Kier molecular flexibility index (Phi) is 4.77. The predicted octanol–water partition coefficient (Wildman–Crippen LogP) is 5.91. The van der Waals surface area contributed by atoms with Crippen LogP contribution in [0.15, 0.2) is 42.5 Å². The van der Waals surface area contributed by atoms with Crippen molar-refractivity contribution in [2.24, 2.45) is 0 Å². The average Bonchev–Trinajstić information content (AvgIpc) is 2.91. The zero-order valence-electron chi connectivity index (χ0n) is 13.0. The van der Waals surface area contributed by atoms with Crippen LogP contribution in [-0.4, -0.2) is 18.0 Å². The molecule has 0 unspecified atom stereocenters. The number of benzene rings is 2. The molecule has 1 aliphatic carbocycles.